The van der Waals surface area contributed by atoms with Gasteiger partial charge in [-0.25, -0.2) is 4.98 Å². The Morgan fingerprint density at radius 2 is 2.03 bits per heavy atom. The Morgan fingerprint density at radius 3 is 2.72 bits per heavy atom. The Morgan fingerprint density at radius 1 is 1.25 bits per heavy atom. The summed E-state index contributed by atoms with van der Waals surface area (Å²) in [5, 5.41) is 11.6. The summed E-state index contributed by atoms with van der Waals surface area (Å²) >= 11 is 0. The molecule has 0 fully saturated rings. The number of amides is 1. The molecular weight excluding hydrogens is 402 g/mol. The Labute approximate surface area is 189 Å². The van der Waals surface area contributed by atoms with Crippen LogP contribution < -0.4 is 5.32 Å². The van der Waals surface area contributed by atoms with Gasteiger partial charge < -0.3 is 14.3 Å². The van der Waals surface area contributed by atoms with Crippen molar-refractivity contribution in [2.24, 2.45) is 30.7 Å². The number of nitrogens with one attached hydrogen (secondary N) is 1. The van der Waals surface area contributed by atoms with Crippen molar-refractivity contribution in [1.29, 1.82) is 0 Å². The lowest BCUT2D eigenvalue weighted by atomic mass is 9.70. The number of carbonyl (C=O) groups excluding carboxylic acids is 1. The van der Waals surface area contributed by atoms with Gasteiger partial charge in [-0.3, -0.25) is 4.79 Å². The lowest BCUT2D eigenvalue weighted by Crippen LogP contribution is -2.37. The fourth-order valence-electron chi connectivity index (χ4n) is 4.62. The molecule has 0 spiro atoms. The van der Waals surface area contributed by atoms with Crippen LogP contribution in [0.5, 0.6) is 0 Å². The number of rotatable bonds is 7. The number of aryl methyl sites for hydroxylation is 1. The number of hydrogen-bond acceptors (Lipinski definition) is 5. The number of nitrogens with zero attached hydrogens (tertiary/aromatic N) is 4. The van der Waals surface area contributed by atoms with E-state index in [0.29, 0.717) is 47.6 Å². The maximum atomic E-state index is 12.5. The first-order chi connectivity index (χ1) is 15.4. The molecule has 0 unspecified atom stereocenters. The van der Waals surface area contributed by atoms with Gasteiger partial charge >= 0.3 is 0 Å². The lowest BCUT2D eigenvalue weighted by Gasteiger charge is -2.37. The van der Waals surface area contributed by atoms with E-state index in [1.807, 2.05) is 41.9 Å². The summed E-state index contributed by atoms with van der Waals surface area (Å²) in [5.74, 6) is 2.77. The van der Waals surface area contributed by atoms with Crippen LogP contribution in [0, 0.1) is 23.7 Å². The molecule has 4 rings (SSSR count). The van der Waals surface area contributed by atoms with Gasteiger partial charge in [0.2, 0.25) is 5.89 Å². The third-order valence-corrected chi connectivity index (χ3v) is 6.54. The minimum atomic E-state index is -0.0187. The van der Waals surface area contributed by atoms with E-state index in [1.165, 1.54) is 5.57 Å². The summed E-state index contributed by atoms with van der Waals surface area (Å²) < 4.78 is 7.81. The van der Waals surface area contributed by atoms with Crippen LogP contribution in [-0.2, 0) is 13.5 Å². The highest BCUT2D eigenvalue weighted by molar-refractivity contribution is 5.94. The average molecular weight is 434 g/mol. The van der Waals surface area contributed by atoms with Crippen molar-refractivity contribution in [2.75, 3.05) is 6.54 Å². The molecule has 168 valence electrons. The quantitative estimate of drug-likeness (QED) is 0.562. The predicted molar refractivity (Wildman–Crippen MR) is 123 cm³/mol. The first kappa shape index (κ1) is 22.0. The highest BCUT2D eigenvalue weighted by Crippen LogP contribution is 2.38. The molecule has 7 nitrogen and oxygen atoms in total. The molecule has 1 aliphatic rings. The fourth-order valence-corrected chi connectivity index (χ4v) is 4.62. The van der Waals surface area contributed by atoms with Crippen LogP contribution in [0.1, 0.15) is 43.4 Å². The molecule has 0 bridgehead atoms. The normalized spacial score (nSPS) is 20.9. The molecular formula is C25H31N5O2. The van der Waals surface area contributed by atoms with Crippen molar-refractivity contribution >= 4 is 5.91 Å². The molecule has 2 aromatic heterocycles. The number of allylic oxidation sites excluding steroid dienone is 1. The molecule has 32 heavy (non-hydrogen) atoms. The zero-order valence-electron chi connectivity index (χ0n) is 19.2. The van der Waals surface area contributed by atoms with E-state index in [1.54, 1.807) is 12.5 Å². The van der Waals surface area contributed by atoms with Gasteiger partial charge in [-0.2, -0.15) is 0 Å². The Kier molecular flexibility index (Phi) is 6.53. The summed E-state index contributed by atoms with van der Waals surface area (Å²) in [6, 6.07) is 9.38. The van der Waals surface area contributed by atoms with Crippen LogP contribution in [0.15, 0.2) is 58.9 Å². The molecule has 0 saturated heterocycles. The van der Waals surface area contributed by atoms with Crippen molar-refractivity contribution < 1.29 is 9.21 Å². The molecule has 1 aromatic carbocycles. The number of imidazole rings is 1. The van der Waals surface area contributed by atoms with E-state index >= 15 is 0 Å². The second kappa shape index (κ2) is 9.51. The van der Waals surface area contributed by atoms with Crippen LogP contribution in [0.4, 0.5) is 0 Å². The van der Waals surface area contributed by atoms with Crippen LogP contribution in [0.2, 0.25) is 0 Å². The van der Waals surface area contributed by atoms with Gasteiger partial charge in [-0.15, -0.1) is 10.2 Å². The summed E-state index contributed by atoms with van der Waals surface area (Å²) in [5.41, 5.74) is 2.83. The molecule has 0 radical (unpaired) electrons. The number of hydrogen-bond donors (Lipinski definition) is 1. The van der Waals surface area contributed by atoms with Gasteiger partial charge in [0, 0.05) is 25.6 Å². The monoisotopic (exact) mass is 433 g/mol. The first-order valence-electron chi connectivity index (χ1n) is 11.2. The standard InChI is InChI=1S/C25H31N5O2/c1-16(2)21-11-19(12-23-28-29-25(32-23)22-14-26-15-30(22)4)17(3)10-20(21)13-27-24(31)18-8-6-5-7-9-18/h5-10,14-16,19-21H,11-13H2,1-4H3,(H,27,31)/t19-,20-,21-/m0/s1. The summed E-state index contributed by atoms with van der Waals surface area (Å²) in [7, 11) is 1.91. The second-order valence-electron chi connectivity index (χ2n) is 9.09. The maximum Gasteiger partial charge on any atom is 0.265 e. The third kappa shape index (κ3) is 4.82. The average Bonchev–Trinajstić information content (AvgIpc) is 3.42. The molecule has 2 heterocycles. The third-order valence-electron chi connectivity index (χ3n) is 6.54. The summed E-state index contributed by atoms with van der Waals surface area (Å²) in [4.78, 5) is 16.6. The van der Waals surface area contributed by atoms with E-state index in [9.17, 15) is 4.79 Å². The smallest absolute Gasteiger partial charge is 0.265 e. The molecule has 0 aliphatic heterocycles. The number of carbonyl (C=O) groups is 1. The fraction of sp³-hybridized carbons (Fsp3) is 0.440. The minimum Gasteiger partial charge on any atom is -0.419 e. The maximum absolute atomic E-state index is 12.5. The molecule has 1 N–H and O–H groups in total. The predicted octanol–water partition coefficient (Wildman–Crippen LogP) is 4.30. The number of aromatic nitrogens is 4. The highest BCUT2D eigenvalue weighted by Gasteiger charge is 2.32. The van der Waals surface area contributed by atoms with Gasteiger partial charge in [-0.05, 0) is 49.1 Å². The Hall–Kier alpha value is -3.22. The van der Waals surface area contributed by atoms with Gasteiger partial charge in [-0.1, -0.05) is 43.7 Å². The molecule has 1 aliphatic carbocycles. The van der Waals surface area contributed by atoms with Crippen molar-refractivity contribution in [3.63, 3.8) is 0 Å². The van der Waals surface area contributed by atoms with E-state index in [0.717, 1.165) is 18.5 Å². The minimum absolute atomic E-state index is 0.0187. The molecule has 0 saturated carbocycles. The first-order valence-corrected chi connectivity index (χ1v) is 11.2. The van der Waals surface area contributed by atoms with Crippen molar-refractivity contribution in [3.05, 3.63) is 66.0 Å². The van der Waals surface area contributed by atoms with Gasteiger partial charge in [0.15, 0.2) is 0 Å². The van der Waals surface area contributed by atoms with Crippen LogP contribution in [0.3, 0.4) is 0 Å². The summed E-state index contributed by atoms with van der Waals surface area (Å²) in [6.45, 7) is 7.34. The van der Waals surface area contributed by atoms with Crippen molar-refractivity contribution in [2.45, 2.75) is 33.6 Å². The topological polar surface area (TPSA) is 85.8 Å². The van der Waals surface area contributed by atoms with E-state index in [-0.39, 0.29) is 5.91 Å². The second-order valence-corrected chi connectivity index (χ2v) is 9.09. The molecule has 3 atom stereocenters. The molecule has 1 amide bonds. The van der Waals surface area contributed by atoms with Crippen LogP contribution >= 0.6 is 0 Å². The lowest BCUT2D eigenvalue weighted by molar-refractivity contribution is 0.0939. The Balaban J connectivity index is 1.44. The van der Waals surface area contributed by atoms with Gasteiger partial charge in [0.25, 0.3) is 11.8 Å². The SMILES string of the molecule is CC1=C[C@@H](CNC(=O)c2ccccc2)[C@H](C(C)C)C[C@H]1Cc1nnc(-c2cncn2C)o1. The van der Waals surface area contributed by atoms with E-state index < -0.39 is 0 Å². The van der Waals surface area contributed by atoms with Crippen LogP contribution in [0.25, 0.3) is 11.6 Å². The Bertz CT molecular complexity index is 1080. The van der Waals surface area contributed by atoms with E-state index in [2.05, 4.69) is 47.3 Å². The van der Waals surface area contributed by atoms with Gasteiger partial charge in [0.05, 0.1) is 12.5 Å². The summed E-state index contributed by atoms with van der Waals surface area (Å²) in [6.07, 6.45) is 7.54. The van der Waals surface area contributed by atoms with Crippen molar-refractivity contribution in [3.8, 4) is 11.6 Å². The zero-order valence-corrected chi connectivity index (χ0v) is 19.2. The molecule has 3 aromatic rings. The van der Waals surface area contributed by atoms with Gasteiger partial charge in [0.1, 0.15) is 5.69 Å². The largest absolute Gasteiger partial charge is 0.419 e. The van der Waals surface area contributed by atoms with E-state index in [4.69, 9.17) is 4.42 Å². The highest BCUT2D eigenvalue weighted by atomic mass is 16.4. The number of benzene rings is 1. The zero-order chi connectivity index (χ0) is 22.7. The molecule has 7 heteroatoms. The van der Waals surface area contributed by atoms with Crippen molar-refractivity contribution in [1.82, 2.24) is 25.1 Å². The van der Waals surface area contributed by atoms with Crippen LogP contribution in [-0.4, -0.2) is 32.2 Å².